The van der Waals surface area contributed by atoms with Gasteiger partial charge in [-0.25, -0.2) is 4.39 Å². The van der Waals surface area contributed by atoms with Gasteiger partial charge in [0.05, 0.1) is 11.3 Å². The third-order valence-corrected chi connectivity index (χ3v) is 1.33. The predicted octanol–water partition coefficient (Wildman–Crippen LogP) is 0.628. The van der Waals surface area contributed by atoms with E-state index in [1.807, 2.05) is 0 Å². The van der Waals surface area contributed by atoms with Crippen molar-refractivity contribution in [2.75, 3.05) is 0 Å². The number of nitrogens with two attached hydrogens (primary N) is 1. The molecule has 0 aliphatic rings. The first-order valence-corrected chi connectivity index (χ1v) is 3.04. The number of primary amides is 1. The van der Waals surface area contributed by atoms with Crippen LogP contribution in [0.15, 0.2) is 12.3 Å². The lowest BCUT2D eigenvalue weighted by Gasteiger charge is -1.98. The van der Waals surface area contributed by atoms with E-state index in [9.17, 15) is 9.18 Å². The lowest BCUT2D eigenvalue weighted by atomic mass is 10.2. The molecule has 0 aliphatic heterocycles. The van der Waals surface area contributed by atoms with Crippen molar-refractivity contribution in [1.82, 2.24) is 4.98 Å². The van der Waals surface area contributed by atoms with Crippen LogP contribution in [0.3, 0.4) is 0 Å². The third-order valence-electron chi connectivity index (χ3n) is 1.33. The van der Waals surface area contributed by atoms with E-state index in [-0.39, 0.29) is 11.3 Å². The van der Waals surface area contributed by atoms with Crippen molar-refractivity contribution in [2.45, 2.75) is 6.92 Å². The number of carbonyl (C=O) groups is 1. The van der Waals surface area contributed by atoms with Gasteiger partial charge in [-0.2, -0.15) is 0 Å². The van der Waals surface area contributed by atoms with Crippen LogP contribution in [-0.4, -0.2) is 10.9 Å². The number of nitrogens with zero attached hydrogens (tertiary/aromatic N) is 1. The molecule has 0 radical (unpaired) electrons. The normalized spacial score (nSPS) is 9.64. The summed E-state index contributed by atoms with van der Waals surface area (Å²) in [5.41, 5.74) is 4.95. The number of halogens is 1. The molecule has 3 nitrogen and oxygen atoms in total. The molecule has 0 aliphatic carbocycles. The minimum atomic E-state index is -0.770. The molecule has 1 heterocycles. The maximum Gasteiger partial charge on any atom is 0.251 e. The van der Waals surface area contributed by atoms with Crippen molar-refractivity contribution in [3.05, 3.63) is 29.3 Å². The van der Waals surface area contributed by atoms with Gasteiger partial charge in [0, 0.05) is 6.20 Å². The lowest BCUT2D eigenvalue weighted by molar-refractivity contribution is 0.0996. The van der Waals surface area contributed by atoms with E-state index < -0.39 is 11.7 Å². The van der Waals surface area contributed by atoms with E-state index in [0.29, 0.717) is 0 Å². The molecule has 0 bridgehead atoms. The van der Waals surface area contributed by atoms with Crippen LogP contribution in [0.5, 0.6) is 0 Å². The van der Waals surface area contributed by atoms with Gasteiger partial charge in [0.25, 0.3) is 5.91 Å². The van der Waals surface area contributed by atoms with Gasteiger partial charge in [-0.05, 0) is 13.0 Å². The van der Waals surface area contributed by atoms with Crippen molar-refractivity contribution in [3.8, 4) is 0 Å². The van der Waals surface area contributed by atoms with Crippen molar-refractivity contribution >= 4 is 5.91 Å². The Morgan fingerprint density at radius 2 is 2.36 bits per heavy atom. The Morgan fingerprint density at radius 3 is 2.82 bits per heavy atom. The minimum absolute atomic E-state index is 0.113. The van der Waals surface area contributed by atoms with Gasteiger partial charge in [-0.1, -0.05) is 0 Å². The van der Waals surface area contributed by atoms with Crippen LogP contribution in [0.25, 0.3) is 0 Å². The van der Waals surface area contributed by atoms with Gasteiger partial charge in [-0.15, -0.1) is 0 Å². The Kier molecular flexibility index (Phi) is 1.85. The topological polar surface area (TPSA) is 56.0 Å². The highest BCUT2D eigenvalue weighted by Crippen LogP contribution is 2.07. The van der Waals surface area contributed by atoms with Gasteiger partial charge >= 0.3 is 0 Å². The monoisotopic (exact) mass is 154 g/mol. The molecule has 1 amide bonds. The summed E-state index contributed by atoms with van der Waals surface area (Å²) in [5, 5.41) is 0. The number of hydrogen-bond acceptors (Lipinski definition) is 2. The molecular weight excluding hydrogens is 147 g/mol. The number of aromatic nitrogens is 1. The zero-order valence-corrected chi connectivity index (χ0v) is 5.97. The fourth-order valence-electron chi connectivity index (χ4n) is 0.739. The predicted molar refractivity (Wildman–Crippen MR) is 37.4 cm³/mol. The average molecular weight is 154 g/mol. The van der Waals surface area contributed by atoms with E-state index in [1.54, 1.807) is 0 Å². The van der Waals surface area contributed by atoms with Crippen molar-refractivity contribution in [1.29, 1.82) is 0 Å². The Hall–Kier alpha value is -1.45. The summed E-state index contributed by atoms with van der Waals surface area (Å²) in [6, 6.07) is 1.25. The first-order chi connectivity index (χ1) is 5.13. The summed E-state index contributed by atoms with van der Waals surface area (Å²) < 4.78 is 12.9. The van der Waals surface area contributed by atoms with E-state index in [4.69, 9.17) is 5.73 Å². The van der Waals surface area contributed by atoms with Gasteiger partial charge in [0.1, 0.15) is 0 Å². The lowest BCUT2D eigenvalue weighted by Crippen LogP contribution is -2.14. The van der Waals surface area contributed by atoms with Crippen LogP contribution in [0.2, 0.25) is 0 Å². The second-order valence-corrected chi connectivity index (χ2v) is 2.12. The molecular formula is C7H7FN2O. The summed E-state index contributed by atoms with van der Waals surface area (Å²) >= 11 is 0. The molecule has 58 valence electrons. The molecule has 0 atom stereocenters. The maximum absolute atomic E-state index is 12.9. The molecule has 0 unspecified atom stereocenters. The van der Waals surface area contributed by atoms with Crippen molar-refractivity contribution < 1.29 is 9.18 Å². The first kappa shape index (κ1) is 7.65. The average Bonchev–Trinajstić information content (AvgIpc) is 1.94. The summed E-state index contributed by atoms with van der Waals surface area (Å²) in [5.74, 6) is -1.41. The Bertz CT molecular complexity index is 298. The third kappa shape index (κ3) is 1.34. The Balaban J connectivity index is 3.27. The highest BCUT2D eigenvalue weighted by molar-refractivity contribution is 5.93. The number of rotatable bonds is 1. The van der Waals surface area contributed by atoms with Crippen molar-refractivity contribution in [2.24, 2.45) is 5.73 Å². The molecule has 1 aromatic heterocycles. The fraction of sp³-hybridized carbons (Fsp3) is 0.143. The molecule has 2 N–H and O–H groups in total. The SMILES string of the molecule is Cc1nccc(C(N)=O)c1F. The van der Waals surface area contributed by atoms with Crippen LogP contribution in [0.4, 0.5) is 4.39 Å². The van der Waals surface area contributed by atoms with Gasteiger partial charge < -0.3 is 5.73 Å². The largest absolute Gasteiger partial charge is 0.366 e. The fourth-order valence-corrected chi connectivity index (χ4v) is 0.739. The Labute approximate surface area is 63.0 Å². The highest BCUT2D eigenvalue weighted by Gasteiger charge is 2.09. The van der Waals surface area contributed by atoms with E-state index >= 15 is 0 Å². The summed E-state index contributed by atoms with van der Waals surface area (Å²) in [4.78, 5) is 14.2. The molecule has 4 heteroatoms. The molecule has 0 aromatic carbocycles. The maximum atomic E-state index is 12.9. The Morgan fingerprint density at radius 1 is 1.73 bits per heavy atom. The smallest absolute Gasteiger partial charge is 0.251 e. The molecule has 0 saturated carbocycles. The molecule has 0 fully saturated rings. The standard InChI is InChI=1S/C7H7FN2O/c1-4-6(8)5(7(9)11)2-3-10-4/h2-3H,1H3,(H2,9,11). The van der Waals surface area contributed by atoms with Gasteiger partial charge in [0.15, 0.2) is 5.82 Å². The van der Waals surface area contributed by atoms with Gasteiger partial charge in [0.2, 0.25) is 0 Å². The van der Waals surface area contributed by atoms with Crippen LogP contribution in [0, 0.1) is 12.7 Å². The van der Waals surface area contributed by atoms with Crippen LogP contribution < -0.4 is 5.73 Å². The molecule has 0 spiro atoms. The number of hydrogen-bond donors (Lipinski definition) is 1. The first-order valence-electron chi connectivity index (χ1n) is 3.04. The summed E-state index contributed by atoms with van der Waals surface area (Å²) in [6.45, 7) is 1.47. The van der Waals surface area contributed by atoms with Gasteiger partial charge in [-0.3, -0.25) is 9.78 Å². The van der Waals surface area contributed by atoms with Crippen molar-refractivity contribution in [3.63, 3.8) is 0 Å². The van der Waals surface area contributed by atoms with Crippen LogP contribution in [-0.2, 0) is 0 Å². The molecule has 1 rings (SSSR count). The van der Waals surface area contributed by atoms with Crippen LogP contribution in [0.1, 0.15) is 16.1 Å². The molecule has 1 aromatic rings. The molecule has 0 saturated heterocycles. The highest BCUT2D eigenvalue weighted by atomic mass is 19.1. The zero-order chi connectivity index (χ0) is 8.43. The molecule has 11 heavy (non-hydrogen) atoms. The number of aryl methyl sites for hydroxylation is 1. The minimum Gasteiger partial charge on any atom is -0.366 e. The number of pyridine rings is 1. The second kappa shape index (κ2) is 2.65. The van der Waals surface area contributed by atoms with E-state index in [0.717, 1.165) is 0 Å². The van der Waals surface area contributed by atoms with E-state index in [1.165, 1.54) is 19.2 Å². The van der Waals surface area contributed by atoms with E-state index in [2.05, 4.69) is 4.98 Å². The number of carbonyl (C=O) groups excluding carboxylic acids is 1. The van der Waals surface area contributed by atoms with Crippen LogP contribution >= 0.6 is 0 Å². The zero-order valence-electron chi connectivity index (χ0n) is 5.97. The number of amides is 1. The quantitative estimate of drug-likeness (QED) is 0.644. The summed E-state index contributed by atoms with van der Waals surface area (Å²) in [7, 11) is 0. The second-order valence-electron chi connectivity index (χ2n) is 2.12. The summed E-state index contributed by atoms with van der Waals surface area (Å²) in [6.07, 6.45) is 1.35.